The van der Waals surface area contributed by atoms with E-state index in [1.807, 2.05) is 38.1 Å². The minimum atomic E-state index is -3.71. The average Bonchev–Trinajstić information content (AvgIpc) is 2.53. The maximum atomic E-state index is 12.4. The number of halogens is 2. The largest absolute Gasteiger partial charge is 0.348 e. The number of carbonyl (C=O) groups is 1. The van der Waals surface area contributed by atoms with Crippen LogP contribution < -0.4 is 9.62 Å². The van der Waals surface area contributed by atoms with Gasteiger partial charge < -0.3 is 5.32 Å². The number of rotatable bonds is 6. The highest BCUT2D eigenvalue weighted by Crippen LogP contribution is 2.30. The van der Waals surface area contributed by atoms with Gasteiger partial charge in [-0.3, -0.25) is 9.10 Å². The molecule has 1 N–H and O–H groups in total. The second kappa shape index (κ2) is 8.29. The van der Waals surface area contributed by atoms with E-state index in [1.165, 1.54) is 18.2 Å². The first-order valence-electron chi connectivity index (χ1n) is 7.86. The Labute approximate surface area is 164 Å². The van der Waals surface area contributed by atoms with E-state index in [1.54, 1.807) is 0 Å². The Kier molecular flexibility index (Phi) is 6.55. The zero-order valence-corrected chi connectivity index (χ0v) is 17.0. The Balaban J connectivity index is 2.18. The van der Waals surface area contributed by atoms with Crippen molar-refractivity contribution in [2.45, 2.75) is 19.9 Å². The smallest absolute Gasteiger partial charge is 0.241 e. The van der Waals surface area contributed by atoms with Crippen molar-refractivity contribution in [3.05, 3.63) is 63.6 Å². The fraction of sp³-hybridized carbons (Fsp3) is 0.278. The van der Waals surface area contributed by atoms with Crippen LogP contribution in [0.1, 0.15) is 24.1 Å². The van der Waals surface area contributed by atoms with E-state index >= 15 is 0 Å². The van der Waals surface area contributed by atoms with Gasteiger partial charge in [-0.25, -0.2) is 8.42 Å². The van der Waals surface area contributed by atoms with Gasteiger partial charge in [0.15, 0.2) is 0 Å². The van der Waals surface area contributed by atoms with Gasteiger partial charge in [-0.1, -0.05) is 53.0 Å². The van der Waals surface area contributed by atoms with Gasteiger partial charge in [0.2, 0.25) is 15.9 Å². The monoisotopic (exact) mass is 414 g/mol. The van der Waals surface area contributed by atoms with E-state index in [2.05, 4.69) is 5.32 Å². The summed E-state index contributed by atoms with van der Waals surface area (Å²) in [7, 11) is -3.71. The molecule has 0 heterocycles. The quantitative estimate of drug-likeness (QED) is 0.777. The number of anilines is 1. The normalized spacial score (nSPS) is 12.5. The van der Waals surface area contributed by atoms with Crippen LogP contribution in [0.4, 0.5) is 5.69 Å². The van der Waals surface area contributed by atoms with Gasteiger partial charge in [-0.15, -0.1) is 0 Å². The molecule has 0 saturated carbocycles. The maximum Gasteiger partial charge on any atom is 0.241 e. The summed E-state index contributed by atoms with van der Waals surface area (Å²) in [5, 5.41) is 3.34. The number of hydrogen-bond donors (Lipinski definition) is 1. The lowest BCUT2D eigenvalue weighted by molar-refractivity contribution is -0.120. The second-order valence-corrected chi connectivity index (χ2v) is 8.82. The standard InChI is InChI=1S/C18H20Cl2N2O3S/c1-12-4-6-14(7-5-12)13(2)21-18(23)11-22(26(3,24)25)17-9-8-15(19)10-16(17)20/h4-10,13H,11H2,1-3H3,(H,21,23). The molecule has 0 aromatic heterocycles. The molecule has 0 fully saturated rings. The molecule has 2 rings (SSSR count). The number of aryl methyl sites for hydroxylation is 1. The third-order valence-electron chi connectivity index (χ3n) is 3.82. The van der Waals surface area contributed by atoms with Crippen LogP contribution in [-0.4, -0.2) is 27.1 Å². The Morgan fingerprint density at radius 2 is 1.77 bits per heavy atom. The molecule has 1 atom stereocenters. The van der Waals surface area contributed by atoms with Crippen molar-refractivity contribution < 1.29 is 13.2 Å². The van der Waals surface area contributed by atoms with Gasteiger partial charge in [-0.05, 0) is 37.6 Å². The Bertz CT molecular complexity index is 899. The fourth-order valence-corrected chi connectivity index (χ4v) is 3.85. The molecule has 8 heteroatoms. The van der Waals surface area contributed by atoms with Crippen molar-refractivity contribution >= 4 is 44.8 Å². The minimum Gasteiger partial charge on any atom is -0.348 e. The van der Waals surface area contributed by atoms with Gasteiger partial charge in [-0.2, -0.15) is 0 Å². The summed E-state index contributed by atoms with van der Waals surface area (Å²) >= 11 is 12.0. The van der Waals surface area contributed by atoms with Crippen LogP contribution in [0.15, 0.2) is 42.5 Å². The molecule has 2 aromatic rings. The number of sulfonamides is 1. The van der Waals surface area contributed by atoms with Crippen LogP contribution >= 0.6 is 23.2 Å². The molecule has 0 bridgehead atoms. The van der Waals surface area contributed by atoms with E-state index in [0.29, 0.717) is 5.02 Å². The molecule has 0 saturated heterocycles. The summed E-state index contributed by atoms with van der Waals surface area (Å²) < 4.78 is 25.3. The molecule has 0 radical (unpaired) electrons. The molecule has 0 aliphatic heterocycles. The molecule has 1 amide bonds. The van der Waals surface area contributed by atoms with Crippen molar-refractivity contribution in [1.82, 2.24) is 5.32 Å². The van der Waals surface area contributed by atoms with Gasteiger partial charge in [0.05, 0.1) is 23.0 Å². The van der Waals surface area contributed by atoms with Crippen LogP contribution in [0.3, 0.4) is 0 Å². The van der Waals surface area contributed by atoms with Gasteiger partial charge in [0, 0.05) is 5.02 Å². The topological polar surface area (TPSA) is 66.5 Å². The van der Waals surface area contributed by atoms with E-state index in [9.17, 15) is 13.2 Å². The average molecular weight is 415 g/mol. The SMILES string of the molecule is Cc1ccc(C(C)NC(=O)CN(c2ccc(Cl)cc2Cl)S(C)(=O)=O)cc1. The molecule has 140 valence electrons. The zero-order chi connectivity index (χ0) is 19.5. The minimum absolute atomic E-state index is 0.155. The first kappa shape index (κ1) is 20.6. The second-order valence-electron chi connectivity index (χ2n) is 6.07. The number of nitrogens with zero attached hydrogens (tertiary/aromatic N) is 1. The first-order valence-corrected chi connectivity index (χ1v) is 10.5. The van der Waals surface area contributed by atoms with Gasteiger partial charge >= 0.3 is 0 Å². The number of carbonyl (C=O) groups excluding carboxylic acids is 1. The third-order valence-corrected chi connectivity index (χ3v) is 5.49. The van der Waals surface area contributed by atoms with Crippen molar-refractivity contribution in [2.75, 3.05) is 17.1 Å². The van der Waals surface area contributed by atoms with Crippen molar-refractivity contribution in [3.63, 3.8) is 0 Å². The number of hydrogen-bond acceptors (Lipinski definition) is 3. The summed E-state index contributed by atoms with van der Waals surface area (Å²) in [6.07, 6.45) is 1.02. The zero-order valence-electron chi connectivity index (χ0n) is 14.7. The van der Waals surface area contributed by atoms with Crippen LogP contribution in [0, 0.1) is 6.92 Å². The summed E-state index contributed by atoms with van der Waals surface area (Å²) in [5.41, 5.74) is 2.25. The van der Waals surface area contributed by atoms with E-state index in [-0.39, 0.29) is 23.3 Å². The molecule has 26 heavy (non-hydrogen) atoms. The van der Waals surface area contributed by atoms with Gasteiger partial charge in [0.25, 0.3) is 0 Å². The predicted octanol–water partition coefficient (Wildman–Crippen LogP) is 3.95. The highest BCUT2D eigenvalue weighted by Gasteiger charge is 2.24. The van der Waals surface area contributed by atoms with Crippen LogP contribution in [0.5, 0.6) is 0 Å². The summed E-state index contributed by atoms with van der Waals surface area (Å²) in [6.45, 7) is 3.44. The van der Waals surface area contributed by atoms with Crippen LogP contribution in [0.25, 0.3) is 0 Å². The maximum absolute atomic E-state index is 12.4. The third kappa shape index (κ3) is 5.37. The summed E-state index contributed by atoms with van der Waals surface area (Å²) in [5.74, 6) is -0.436. The molecule has 5 nitrogen and oxygen atoms in total. The lowest BCUT2D eigenvalue weighted by atomic mass is 10.1. The molecule has 0 aliphatic carbocycles. The number of benzene rings is 2. The lowest BCUT2D eigenvalue weighted by Crippen LogP contribution is -2.41. The molecular weight excluding hydrogens is 395 g/mol. The van der Waals surface area contributed by atoms with E-state index < -0.39 is 15.9 Å². The lowest BCUT2D eigenvalue weighted by Gasteiger charge is -2.24. The Hall–Kier alpha value is -1.76. The highest BCUT2D eigenvalue weighted by atomic mass is 35.5. The molecule has 0 spiro atoms. The highest BCUT2D eigenvalue weighted by molar-refractivity contribution is 7.92. The van der Waals surface area contributed by atoms with Crippen molar-refractivity contribution in [1.29, 1.82) is 0 Å². The molecule has 0 aliphatic rings. The van der Waals surface area contributed by atoms with E-state index in [4.69, 9.17) is 23.2 Å². The van der Waals surface area contributed by atoms with E-state index in [0.717, 1.165) is 21.7 Å². The van der Waals surface area contributed by atoms with Crippen molar-refractivity contribution in [3.8, 4) is 0 Å². The van der Waals surface area contributed by atoms with Crippen molar-refractivity contribution in [2.24, 2.45) is 0 Å². The number of amides is 1. The molecule has 2 aromatic carbocycles. The Morgan fingerprint density at radius 1 is 1.15 bits per heavy atom. The fourth-order valence-electron chi connectivity index (χ4n) is 2.42. The predicted molar refractivity (Wildman–Crippen MR) is 106 cm³/mol. The summed E-state index contributed by atoms with van der Waals surface area (Å²) in [4.78, 5) is 12.4. The molecule has 1 unspecified atom stereocenters. The van der Waals surface area contributed by atoms with Gasteiger partial charge in [0.1, 0.15) is 6.54 Å². The molecular formula is C18H20Cl2N2O3S. The Morgan fingerprint density at radius 3 is 2.31 bits per heavy atom. The van der Waals surface area contributed by atoms with Crippen LogP contribution in [-0.2, 0) is 14.8 Å². The van der Waals surface area contributed by atoms with Crippen LogP contribution in [0.2, 0.25) is 10.0 Å². The summed E-state index contributed by atoms with van der Waals surface area (Å²) in [6, 6.07) is 11.9. The number of nitrogens with one attached hydrogen (secondary N) is 1. The first-order chi connectivity index (χ1) is 12.1.